The van der Waals surface area contributed by atoms with Gasteiger partial charge in [0.25, 0.3) is 0 Å². The fourth-order valence-corrected chi connectivity index (χ4v) is 3.76. The highest BCUT2D eigenvalue weighted by Gasteiger charge is 2.12. The Labute approximate surface area is 122 Å². The molecule has 0 saturated heterocycles. The number of fused-ring (bicyclic) bond motifs is 1. The van der Waals surface area contributed by atoms with Crippen LogP contribution in [0.25, 0.3) is 15.9 Å². The zero-order valence-electron chi connectivity index (χ0n) is 10.2. The van der Waals surface area contributed by atoms with Gasteiger partial charge in [0.2, 0.25) is 0 Å². The molecule has 2 rings (SSSR count). The summed E-state index contributed by atoms with van der Waals surface area (Å²) >= 11 is 7.74. The minimum atomic E-state index is -0.204. The van der Waals surface area contributed by atoms with Gasteiger partial charge < -0.3 is 19.9 Å². The van der Waals surface area contributed by atoms with Crippen LogP contribution in [0, 0.1) is 3.95 Å². The molecule has 0 aliphatic rings. The molecule has 0 unspecified atom stereocenters. The van der Waals surface area contributed by atoms with E-state index in [4.69, 9.17) is 22.5 Å². The normalized spacial score (nSPS) is 10.8. The lowest BCUT2D eigenvalue weighted by Crippen LogP contribution is -2.06. The monoisotopic (exact) mass is 315 g/mol. The minimum absolute atomic E-state index is 0.204. The molecule has 0 aliphatic heterocycles. The lowest BCUT2D eigenvalue weighted by Gasteiger charge is -2.03. The Morgan fingerprint density at radius 2 is 2.42 bits per heavy atom. The first-order valence-electron chi connectivity index (χ1n) is 5.67. The van der Waals surface area contributed by atoms with Gasteiger partial charge in [-0.15, -0.1) is 0 Å². The lowest BCUT2D eigenvalue weighted by molar-refractivity contribution is -0.143. The van der Waals surface area contributed by atoms with E-state index in [9.17, 15) is 4.79 Å². The fourth-order valence-electron chi connectivity index (χ4n) is 1.63. The van der Waals surface area contributed by atoms with Gasteiger partial charge in [0.05, 0.1) is 6.61 Å². The molecule has 0 atom stereocenters. The average Bonchev–Trinajstić information content (AvgIpc) is 2.89. The number of hydrogen-bond donors (Lipinski definition) is 0. The molecule has 2 aromatic rings. The summed E-state index contributed by atoms with van der Waals surface area (Å²) in [6, 6.07) is 0. The number of carbonyl (C=O) groups excluding carboxylic acids is 1. The standard InChI is InChI=1S/C10H11N4O2S3/c1-2-16-6(15)4-3-5-14-8-7(18-10(14)17)9(12-11)19-13-8/h2-5H2,1H3/q-1. The van der Waals surface area contributed by atoms with E-state index in [1.54, 1.807) is 6.92 Å². The van der Waals surface area contributed by atoms with Gasteiger partial charge in [-0.05, 0) is 37.1 Å². The molecule has 0 amide bonds. The van der Waals surface area contributed by atoms with Gasteiger partial charge in [-0.25, -0.2) is 0 Å². The number of carbonyl (C=O) groups is 1. The summed E-state index contributed by atoms with van der Waals surface area (Å²) in [6.45, 7) is 2.78. The van der Waals surface area contributed by atoms with Crippen LogP contribution in [0.1, 0.15) is 19.8 Å². The van der Waals surface area contributed by atoms with Crippen molar-refractivity contribution in [3.05, 3.63) is 9.49 Å². The molecule has 0 bridgehead atoms. The molecule has 0 N–H and O–H groups in total. The number of rotatable bonds is 6. The Morgan fingerprint density at radius 1 is 1.63 bits per heavy atom. The summed E-state index contributed by atoms with van der Waals surface area (Å²) in [6.07, 6.45) is 0.996. The molecule has 19 heavy (non-hydrogen) atoms. The van der Waals surface area contributed by atoms with Crippen molar-refractivity contribution in [1.29, 1.82) is 0 Å². The molecular formula is C10H11N4O2S3-. The Bertz CT molecular complexity index is 657. The number of aromatic nitrogens is 2. The van der Waals surface area contributed by atoms with Crippen molar-refractivity contribution in [1.82, 2.24) is 8.94 Å². The highest BCUT2D eigenvalue weighted by atomic mass is 32.1. The molecule has 9 heteroatoms. The number of hydrogen-bond acceptors (Lipinski definition) is 7. The van der Waals surface area contributed by atoms with Gasteiger partial charge in [0, 0.05) is 13.0 Å². The van der Waals surface area contributed by atoms with Crippen molar-refractivity contribution in [3.8, 4) is 0 Å². The second-order valence-corrected chi connectivity index (χ2v) is 6.06. The largest absolute Gasteiger partial charge is 0.706 e. The van der Waals surface area contributed by atoms with Crippen LogP contribution in [0.4, 0.5) is 5.00 Å². The van der Waals surface area contributed by atoms with Crippen LogP contribution < -0.4 is 0 Å². The maximum Gasteiger partial charge on any atom is 0.305 e. The highest BCUT2D eigenvalue weighted by Crippen LogP contribution is 2.35. The summed E-state index contributed by atoms with van der Waals surface area (Å²) in [5.74, 6) is -0.204. The number of aryl methyl sites for hydroxylation is 1. The second kappa shape index (κ2) is 6.31. The molecule has 0 radical (unpaired) electrons. The molecule has 6 nitrogen and oxygen atoms in total. The third-order valence-electron chi connectivity index (χ3n) is 2.44. The molecular weight excluding hydrogens is 304 g/mol. The van der Waals surface area contributed by atoms with Crippen molar-refractivity contribution < 1.29 is 9.53 Å². The Balaban J connectivity index is 2.10. The van der Waals surface area contributed by atoms with Crippen molar-refractivity contribution in [2.24, 2.45) is 5.11 Å². The lowest BCUT2D eigenvalue weighted by atomic mass is 10.3. The van der Waals surface area contributed by atoms with Crippen molar-refractivity contribution in [2.45, 2.75) is 26.3 Å². The predicted molar refractivity (Wildman–Crippen MR) is 77.6 cm³/mol. The van der Waals surface area contributed by atoms with Crippen LogP contribution in [0.5, 0.6) is 0 Å². The Kier molecular flexibility index (Phi) is 4.72. The van der Waals surface area contributed by atoms with Crippen molar-refractivity contribution in [2.75, 3.05) is 6.61 Å². The zero-order valence-corrected chi connectivity index (χ0v) is 12.6. The van der Waals surface area contributed by atoms with Gasteiger partial charge in [-0.2, -0.15) is 4.37 Å². The van der Waals surface area contributed by atoms with E-state index in [1.165, 1.54) is 11.3 Å². The number of ether oxygens (including phenoxy) is 1. The summed E-state index contributed by atoms with van der Waals surface area (Å²) in [7, 11) is 0. The Morgan fingerprint density at radius 3 is 3.11 bits per heavy atom. The smallest absolute Gasteiger partial charge is 0.305 e. The molecule has 0 aromatic carbocycles. The molecule has 0 fully saturated rings. The molecule has 102 valence electrons. The maximum atomic E-state index is 11.3. The van der Waals surface area contributed by atoms with Crippen molar-refractivity contribution >= 4 is 56.4 Å². The number of esters is 1. The average molecular weight is 315 g/mol. The molecule has 2 aromatic heterocycles. The number of thiazole rings is 1. The van der Waals surface area contributed by atoms with E-state index in [0.717, 1.165) is 21.9 Å². The van der Waals surface area contributed by atoms with E-state index >= 15 is 0 Å². The Hall–Kier alpha value is -1.19. The third kappa shape index (κ3) is 3.04. The predicted octanol–water partition coefficient (Wildman–Crippen LogP) is 3.89. The maximum absolute atomic E-state index is 11.3. The molecule has 0 spiro atoms. The van der Waals surface area contributed by atoms with E-state index in [1.807, 2.05) is 4.57 Å². The van der Waals surface area contributed by atoms with Gasteiger partial charge in [-0.3, -0.25) is 4.79 Å². The second-order valence-electron chi connectivity index (χ2n) is 3.67. The van der Waals surface area contributed by atoms with Crippen LogP contribution in [0.15, 0.2) is 5.11 Å². The number of nitrogens with zero attached hydrogens (tertiary/aromatic N) is 4. The molecule has 0 saturated carbocycles. The van der Waals surface area contributed by atoms with Crippen LogP contribution in [0.2, 0.25) is 0 Å². The first kappa shape index (κ1) is 14.2. The van der Waals surface area contributed by atoms with E-state index in [2.05, 4.69) is 9.49 Å². The van der Waals surface area contributed by atoms with Gasteiger partial charge >= 0.3 is 5.97 Å². The van der Waals surface area contributed by atoms with E-state index < -0.39 is 0 Å². The summed E-state index contributed by atoms with van der Waals surface area (Å²) in [5, 5.41) is 3.65. The quantitative estimate of drug-likeness (QED) is 0.460. The topological polar surface area (TPSA) is 78.8 Å². The summed E-state index contributed by atoms with van der Waals surface area (Å²) < 4.78 is 12.4. The van der Waals surface area contributed by atoms with Gasteiger partial charge in [-0.1, -0.05) is 11.3 Å². The molecule has 2 heterocycles. The third-order valence-corrected chi connectivity index (χ3v) is 4.74. The first-order chi connectivity index (χ1) is 9.17. The SMILES string of the molecule is CCOC(=O)CCCn1c(=S)sc2c(N=[N-])snc21. The van der Waals surface area contributed by atoms with Crippen LogP contribution in [-0.4, -0.2) is 21.5 Å². The van der Waals surface area contributed by atoms with Crippen LogP contribution in [0.3, 0.4) is 0 Å². The van der Waals surface area contributed by atoms with Crippen molar-refractivity contribution in [3.63, 3.8) is 0 Å². The van der Waals surface area contributed by atoms with E-state index in [0.29, 0.717) is 34.9 Å². The minimum Gasteiger partial charge on any atom is -0.706 e. The summed E-state index contributed by atoms with van der Waals surface area (Å²) in [5.41, 5.74) is 9.55. The first-order valence-corrected chi connectivity index (χ1v) is 7.67. The van der Waals surface area contributed by atoms with Gasteiger partial charge in [0.1, 0.15) is 9.70 Å². The fraction of sp³-hybridized carbons (Fsp3) is 0.500. The zero-order chi connectivity index (χ0) is 13.8. The van der Waals surface area contributed by atoms with Crippen LogP contribution >= 0.6 is 35.1 Å². The molecule has 0 aliphatic carbocycles. The van der Waals surface area contributed by atoms with Gasteiger partial charge in [0.15, 0.2) is 9.60 Å². The van der Waals surface area contributed by atoms with E-state index in [-0.39, 0.29) is 5.97 Å². The van der Waals surface area contributed by atoms with Crippen LogP contribution in [-0.2, 0) is 16.1 Å². The summed E-state index contributed by atoms with van der Waals surface area (Å²) in [4.78, 5) is 11.3. The highest BCUT2D eigenvalue weighted by molar-refractivity contribution is 7.73.